The molecule has 3 amide bonds. The van der Waals surface area contributed by atoms with Crippen LogP contribution in [0.1, 0.15) is 57.9 Å². The maximum absolute atomic E-state index is 14.5. The molecule has 0 radical (unpaired) electrons. The van der Waals surface area contributed by atoms with Crippen molar-refractivity contribution in [3.8, 4) is 5.75 Å². The fraction of sp³-hybridized carbons (Fsp3) is 0.609. The fourth-order valence-electron chi connectivity index (χ4n) is 4.49. The van der Waals surface area contributed by atoms with E-state index in [1.165, 1.54) is 13.2 Å². The smallest absolute Gasteiger partial charge is 0.222 e. The van der Waals surface area contributed by atoms with Gasteiger partial charge in [0.25, 0.3) is 0 Å². The summed E-state index contributed by atoms with van der Waals surface area (Å²) in [5.41, 5.74) is -0.156. The molecular weight excluding hydrogens is 401 g/mol. The van der Waals surface area contributed by atoms with Gasteiger partial charge in [-0.2, -0.15) is 0 Å². The van der Waals surface area contributed by atoms with Gasteiger partial charge in [0.05, 0.1) is 7.11 Å². The van der Waals surface area contributed by atoms with Crippen molar-refractivity contribution in [3.63, 3.8) is 0 Å². The monoisotopic (exact) mass is 433 g/mol. The number of methoxy groups -OCH3 is 1. The summed E-state index contributed by atoms with van der Waals surface area (Å²) in [6.45, 7) is 4.39. The normalized spacial score (nSPS) is 23.1. The van der Waals surface area contributed by atoms with Gasteiger partial charge >= 0.3 is 0 Å². The summed E-state index contributed by atoms with van der Waals surface area (Å²) < 4.78 is 19.6. The van der Waals surface area contributed by atoms with Gasteiger partial charge in [-0.05, 0) is 51.2 Å². The van der Waals surface area contributed by atoms with E-state index < -0.39 is 5.54 Å². The fourth-order valence-corrected chi connectivity index (χ4v) is 4.49. The Morgan fingerprint density at radius 2 is 2.06 bits per heavy atom. The van der Waals surface area contributed by atoms with Crippen LogP contribution in [0.5, 0.6) is 5.75 Å². The van der Waals surface area contributed by atoms with Crippen molar-refractivity contribution >= 4 is 17.7 Å². The molecule has 0 spiro atoms. The van der Waals surface area contributed by atoms with Gasteiger partial charge in [0, 0.05) is 49.5 Å². The largest absolute Gasteiger partial charge is 0.497 e. The van der Waals surface area contributed by atoms with Gasteiger partial charge in [0.1, 0.15) is 11.6 Å². The van der Waals surface area contributed by atoms with Gasteiger partial charge in [-0.25, -0.2) is 4.39 Å². The first-order chi connectivity index (χ1) is 14.7. The zero-order valence-electron chi connectivity index (χ0n) is 18.5. The van der Waals surface area contributed by atoms with Crippen molar-refractivity contribution < 1.29 is 23.5 Å². The number of ether oxygens (including phenoxy) is 1. The Hall–Kier alpha value is -2.64. The number of carbonyl (C=O) groups is 3. The molecule has 31 heavy (non-hydrogen) atoms. The van der Waals surface area contributed by atoms with E-state index in [0.717, 1.165) is 6.42 Å². The topological polar surface area (TPSA) is 87.7 Å². The molecule has 2 fully saturated rings. The molecule has 0 aliphatic carbocycles. The Bertz CT molecular complexity index is 844. The number of rotatable bonds is 9. The first kappa shape index (κ1) is 23.0. The van der Waals surface area contributed by atoms with Crippen LogP contribution in [-0.2, 0) is 20.8 Å². The Morgan fingerprint density at radius 1 is 1.29 bits per heavy atom. The predicted octanol–water partition coefficient (Wildman–Crippen LogP) is 2.32. The highest BCUT2D eigenvalue weighted by Gasteiger charge is 2.39. The third-order valence-corrected chi connectivity index (χ3v) is 6.29. The third kappa shape index (κ3) is 5.74. The summed E-state index contributed by atoms with van der Waals surface area (Å²) >= 11 is 0. The van der Waals surface area contributed by atoms with E-state index in [9.17, 15) is 18.8 Å². The maximum Gasteiger partial charge on any atom is 0.222 e. The molecular formula is C23H32FN3O4. The Kier molecular flexibility index (Phi) is 7.18. The van der Waals surface area contributed by atoms with Crippen LogP contribution in [0.25, 0.3) is 0 Å². The summed E-state index contributed by atoms with van der Waals surface area (Å²) in [7, 11) is 1.48. The highest BCUT2D eigenvalue weighted by Crippen LogP contribution is 2.31. The summed E-state index contributed by atoms with van der Waals surface area (Å²) in [6, 6.07) is 4.68. The van der Waals surface area contributed by atoms with Crippen molar-refractivity contribution in [2.45, 2.75) is 76.4 Å². The summed E-state index contributed by atoms with van der Waals surface area (Å²) in [6.07, 6.45) is 3.15. The molecule has 3 rings (SSSR count). The Labute approximate surface area is 182 Å². The van der Waals surface area contributed by atoms with Gasteiger partial charge in [-0.15, -0.1) is 0 Å². The summed E-state index contributed by atoms with van der Waals surface area (Å²) in [5.74, 6) is -0.0163. The van der Waals surface area contributed by atoms with E-state index in [1.807, 2.05) is 13.8 Å². The molecule has 0 bridgehead atoms. The molecule has 2 unspecified atom stereocenters. The van der Waals surface area contributed by atoms with E-state index in [4.69, 9.17) is 4.74 Å². The minimum atomic E-state index is -0.646. The highest BCUT2D eigenvalue weighted by atomic mass is 19.1. The molecule has 1 aromatic rings. The van der Waals surface area contributed by atoms with Crippen molar-refractivity contribution in [3.05, 3.63) is 29.6 Å². The minimum absolute atomic E-state index is 0.00171. The first-order valence-corrected chi connectivity index (χ1v) is 10.9. The van der Waals surface area contributed by atoms with Crippen LogP contribution in [0.2, 0.25) is 0 Å². The van der Waals surface area contributed by atoms with E-state index >= 15 is 0 Å². The Balaban J connectivity index is 1.68. The lowest BCUT2D eigenvalue weighted by Crippen LogP contribution is -2.48. The lowest BCUT2D eigenvalue weighted by molar-refractivity contribution is -0.134. The molecule has 2 aliphatic rings. The molecule has 2 N–H and O–H groups in total. The van der Waals surface area contributed by atoms with Crippen LogP contribution in [0.3, 0.4) is 0 Å². The van der Waals surface area contributed by atoms with Crippen LogP contribution in [0.4, 0.5) is 4.39 Å². The van der Waals surface area contributed by atoms with Crippen LogP contribution >= 0.6 is 0 Å². The van der Waals surface area contributed by atoms with E-state index in [2.05, 4.69) is 10.6 Å². The van der Waals surface area contributed by atoms with Crippen LogP contribution in [0, 0.1) is 5.82 Å². The van der Waals surface area contributed by atoms with Crippen molar-refractivity contribution in [2.75, 3.05) is 13.7 Å². The number of nitrogens with one attached hydrogen (secondary N) is 2. The van der Waals surface area contributed by atoms with Gasteiger partial charge in [0.15, 0.2) is 0 Å². The van der Waals surface area contributed by atoms with Gasteiger partial charge in [-0.3, -0.25) is 14.4 Å². The number of halogens is 1. The average molecular weight is 434 g/mol. The summed E-state index contributed by atoms with van der Waals surface area (Å²) in [4.78, 5) is 38.4. The van der Waals surface area contributed by atoms with Crippen LogP contribution in [0.15, 0.2) is 18.2 Å². The highest BCUT2D eigenvalue weighted by molar-refractivity contribution is 5.81. The number of hydrogen-bond acceptors (Lipinski definition) is 4. The average Bonchev–Trinajstić information content (AvgIpc) is 3.31. The molecule has 7 nitrogen and oxygen atoms in total. The maximum atomic E-state index is 14.5. The second-order valence-electron chi connectivity index (χ2n) is 8.91. The molecule has 0 saturated carbocycles. The number of amides is 3. The van der Waals surface area contributed by atoms with E-state index in [1.54, 1.807) is 17.0 Å². The Morgan fingerprint density at radius 3 is 2.61 bits per heavy atom. The van der Waals surface area contributed by atoms with E-state index in [-0.39, 0.29) is 42.0 Å². The predicted molar refractivity (Wildman–Crippen MR) is 114 cm³/mol. The van der Waals surface area contributed by atoms with Crippen LogP contribution in [-0.4, -0.2) is 53.9 Å². The summed E-state index contributed by atoms with van der Waals surface area (Å²) in [5, 5.41) is 5.92. The van der Waals surface area contributed by atoms with Crippen molar-refractivity contribution in [1.29, 1.82) is 0 Å². The number of nitrogens with zero attached hydrogens (tertiary/aromatic N) is 1. The van der Waals surface area contributed by atoms with Crippen molar-refractivity contribution in [2.24, 2.45) is 0 Å². The quantitative estimate of drug-likeness (QED) is 0.626. The SMILES string of the molecule is COc1ccc(CC2(CCC(=O)N(CC3CCC(=O)N3)C(C)C)CCC(=O)N2)c(F)c1. The van der Waals surface area contributed by atoms with E-state index in [0.29, 0.717) is 50.0 Å². The molecule has 170 valence electrons. The number of carbonyl (C=O) groups excluding carboxylic acids is 3. The molecule has 2 aliphatic heterocycles. The van der Waals surface area contributed by atoms with Gasteiger partial charge in [-0.1, -0.05) is 6.07 Å². The zero-order valence-corrected chi connectivity index (χ0v) is 18.5. The first-order valence-electron chi connectivity index (χ1n) is 10.9. The lowest BCUT2D eigenvalue weighted by Gasteiger charge is -2.33. The number of benzene rings is 1. The van der Waals surface area contributed by atoms with Crippen molar-refractivity contribution in [1.82, 2.24) is 15.5 Å². The minimum Gasteiger partial charge on any atom is -0.497 e. The molecule has 2 heterocycles. The van der Waals surface area contributed by atoms with Crippen LogP contribution < -0.4 is 15.4 Å². The second kappa shape index (κ2) is 9.66. The molecule has 0 aromatic heterocycles. The molecule has 2 atom stereocenters. The third-order valence-electron chi connectivity index (χ3n) is 6.29. The lowest BCUT2D eigenvalue weighted by atomic mass is 9.84. The van der Waals surface area contributed by atoms with Gasteiger partial charge < -0.3 is 20.3 Å². The molecule has 1 aromatic carbocycles. The second-order valence-corrected chi connectivity index (χ2v) is 8.91. The zero-order chi connectivity index (χ0) is 22.6. The molecule has 8 heteroatoms. The standard InChI is InChI=1S/C23H32FN3O4/c1-15(2)27(14-17-5-7-20(28)25-17)22(30)9-11-23(10-8-21(29)26-23)13-16-4-6-18(31-3)12-19(16)24/h4,6,12,15,17H,5,7-11,13-14H2,1-3H3,(H,25,28)(H,26,29). The molecule has 2 saturated heterocycles. The number of hydrogen-bond donors (Lipinski definition) is 2. The van der Waals surface area contributed by atoms with Gasteiger partial charge in [0.2, 0.25) is 17.7 Å².